The van der Waals surface area contributed by atoms with Crippen LogP contribution in [0, 0.1) is 5.82 Å². The SMILES string of the molecule is CNC1CCCN(C(C)Cc2ccc(F)cc2)C1=O. The van der Waals surface area contributed by atoms with Gasteiger partial charge in [0.1, 0.15) is 5.82 Å². The molecule has 4 heteroatoms. The molecule has 1 saturated heterocycles. The highest BCUT2D eigenvalue weighted by Gasteiger charge is 2.30. The largest absolute Gasteiger partial charge is 0.338 e. The molecule has 1 amide bonds. The van der Waals surface area contributed by atoms with Gasteiger partial charge in [-0.1, -0.05) is 12.1 Å². The van der Waals surface area contributed by atoms with Crippen molar-refractivity contribution in [2.24, 2.45) is 0 Å². The van der Waals surface area contributed by atoms with Gasteiger partial charge < -0.3 is 10.2 Å². The van der Waals surface area contributed by atoms with Crippen molar-refractivity contribution >= 4 is 5.91 Å². The van der Waals surface area contributed by atoms with E-state index in [-0.39, 0.29) is 23.8 Å². The van der Waals surface area contributed by atoms with E-state index in [2.05, 4.69) is 12.2 Å². The number of benzene rings is 1. The maximum atomic E-state index is 12.9. The van der Waals surface area contributed by atoms with Crippen molar-refractivity contribution in [3.63, 3.8) is 0 Å². The maximum absolute atomic E-state index is 12.9. The van der Waals surface area contributed by atoms with Gasteiger partial charge in [-0.25, -0.2) is 4.39 Å². The fourth-order valence-electron chi connectivity index (χ4n) is 2.68. The van der Waals surface area contributed by atoms with Crippen LogP contribution in [0.1, 0.15) is 25.3 Å². The molecule has 2 atom stereocenters. The third-order valence-electron chi connectivity index (χ3n) is 3.80. The molecule has 0 bridgehead atoms. The molecule has 0 saturated carbocycles. The van der Waals surface area contributed by atoms with Crippen LogP contribution >= 0.6 is 0 Å². The van der Waals surface area contributed by atoms with E-state index in [9.17, 15) is 9.18 Å². The number of halogens is 1. The van der Waals surface area contributed by atoms with Crippen LogP contribution < -0.4 is 5.32 Å². The first-order valence-corrected chi connectivity index (χ1v) is 6.84. The normalized spacial score (nSPS) is 21.5. The number of hydrogen-bond acceptors (Lipinski definition) is 2. The lowest BCUT2D eigenvalue weighted by atomic mass is 10.00. The van der Waals surface area contributed by atoms with Crippen LogP contribution in [0.25, 0.3) is 0 Å². The number of nitrogens with zero attached hydrogens (tertiary/aromatic N) is 1. The average molecular weight is 264 g/mol. The van der Waals surface area contributed by atoms with Crippen LogP contribution in [-0.2, 0) is 11.2 Å². The van der Waals surface area contributed by atoms with Gasteiger partial charge in [-0.3, -0.25) is 4.79 Å². The topological polar surface area (TPSA) is 32.3 Å². The molecule has 1 aromatic carbocycles. The Kier molecular flexibility index (Phi) is 4.53. The number of carbonyl (C=O) groups is 1. The standard InChI is InChI=1S/C15H21FN2O/c1-11(10-12-5-7-13(16)8-6-12)18-9-3-4-14(17-2)15(18)19/h5-8,11,14,17H,3-4,9-10H2,1-2H3. The minimum absolute atomic E-state index is 0.0515. The van der Waals surface area contributed by atoms with Gasteiger partial charge in [0.05, 0.1) is 6.04 Å². The van der Waals surface area contributed by atoms with E-state index in [1.165, 1.54) is 12.1 Å². The first-order valence-electron chi connectivity index (χ1n) is 6.84. The monoisotopic (exact) mass is 264 g/mol. The van der Waals surface area contributed by atoms with Crippen LogP contribution in [-0.4, -0.2) is 36.5 Å². The Morgan fingerprint density at radius 2 is 2.11 bits per heavy atom. The summed E-state index contributed by atoms with van der Waals surface area (Å²) in [5.74, 6) is -0.0379. The number of amides is 1. The summed E-state index contributed by atoms with van der Waals surface area (Å²) in [6, 6.07) is 6.61. The smallest absolute Gasteiger partial charge is 0.239 e. The van der Waals surface area contributed by atoms with E-state index < -0.39 is 0 Å². The summed E-state index contributed by atoms with van der Waals surface area (Å²) < 4.78 is 12.9. The van der Waals surface area contributed by atoms with Crippen molar-refractivity contribution in [1.82, 2.24) is 10.2 Å². The molecule has 3 nitrogen and oxygen atoms in total. The van der Waals surface area contributed by atoms with Crippen molar-refractivity contribution in [3.8, 4) is 0 Å². The molecular weight excluding hydrogens is 243 g/mol. The zero-order valence-electron chi connectivity index (χ0n) is 11.5. The molecule has 0 aromatic heterocycles. The highest BCUT2D eigenvalue weighted by atomic mass is 19.1. The van der Waals surface area contributed by atoms with E-state index in [1.807, 2.05) is 11.9 Å². The second-order valence-corrected chi connectivity index (χ2v) is 5.19. The lowest BCUT2D eigenvalue weighted by molar-refractivity contribution is -0.137. The molecule has 1 aliphatic heterocycles. The molecular formula is C15H21FN2O. The molecule has 2 unspecified atom stereocenters. The van der Waals surface area contributed by atoms with Gasteiger partial charge in [-0.2, -0.15) is 0 Å². The Labute approximate surface area is 113 Å². The van der Waals surface area contributed by atoms with Crippen molar-refractivity contribution in [3.05, 3.63) is 35.6 Å². The number of likely N-dealkylation sites (N-methyl/N-ethyl adjacent to an activating group) is 1. The number of piperidine rings is 1. The quantitative estimate of drug-likeness (QED) is 0.901. The number of rotatable bonds is 4. The molecule has 1 fully saturated rings. The molecule has 104 valence electrons. The fraction of sp³-hybridized carbons (Fsp3) is 0.533. The van der Waals surface area contributed by atoms with Gasteiger partial charge in [0, 0.05) is 12.6 Å². The molecule has 19 heavy (non-hydrogen) atoms. The average Bonchev–Trinajstić information content (AvgIpc) is 2.41. The van der Waals surface area contributed by atoms with Crippen molar-refractivity contribution < 1.29 is 9.18 Å². The third-order valence-corrected chi connectivity index (χ3v) is 3.80. The number of nitrogens with one attached hydrogen (secondary N) is 1. The van der Waals surface area contributed by atoms with Gasteiger partial charge in [-0.15, -0.1) is 0 Å². The van der Waals surface area contributed by atoms with Crippen LogP contribution in [0.4, 0.5) is 4.39 Å². The van der Waals surface area contributed by atoms with E-state index in [0.29, 0.717) is 0 Å². The second kappa shape index (κ2) is 6.15. The summed E-state index contributed by atoms with van der Waals surface area (Å²) in [6.07, 6.45) is 2.71. The molecule has 0 spiro atoms. The third kappa shape index (κ3) is 3.32. The number of carbonyl (C=O) groups excluding carboxylic acids is 1. The molecule has 1 heterocycles. The summed E-state index contributed by atoms with van der Waals surface area (Å²) in [4.78, 5) is 14.2. The Morgan fingerprint density at radius 1 is 1.42 bits per heavy atom. The Balaban J connectivity index is 2.00. The fourth-order valence-corrected chi connectivity index (χ4v) is 2.68. The lowest BCUT2D eigenvalue weighted by Crippen LogP contribution is -2.53. The first kappa shape index (κ1) is 14.0. The molecule has 1 aliphatic rings. The summed E-state index contributed by atoms with van der Waals surface area (Å²) in [5, 5.41) is 3.07. The second-order valence-electron chi connectivity index (χ2n) is 5.19. The molecule has 0 radical (unpaired) electrons. The minimum atomic E-state index is -0.222. The number of likely N-dealkylation sites (tertiary alicyclic amines) is 1. The minimum Gasteiger partial charge on any atom is -0.338 e. The Bertz CT molecular complexity index is 432. The molecule has 2 rings (SSSR count). The summed E-state index contributed by atoms with van der Waals surface area (Å²) in [6.45, 7) is 2.87. The van der Waals surface area contributed by atoms with Gasteiger partial charge in [0.15, 0.2) is 0 Å². The summed E-state index contributed by atoms with van der Waals surface area (Å²) in [5.41, 5.74) is 1.06. The van der Waals surface area contributed by atoms with E-state index >= 15 is 0 Å². The summed E-state index contributed by atoms with van der Waals surface area (Å²) >= 11 is 0. The zero-order valence-corrected chi connectivity index (χ0v) is 11.5. The highest BCUT2D eigenvalue weighted by molar-refractivity contribution is 5.82. The molecule has 1 N–H and O–H groups in total. The van der Waals surface area contributed by atoms with Crippen LogP contribution in [0.15, 0.2) is 24.3 Å². The molecule has 0 aliphatic carbocycles. The highest BCUT2D eigenvalue weighted by Crippen LogP contribution is 2.17. The van der Waals surface area contributed by atoms with Crippen molar-refractivity contribution in [1.29, 1.82) is 0 Å². The maximum Gasteiger partial charge on any atom is 0.239 e. The number of hydrogen-bond donors (Lipinski definition) is 1. The van der Waals surface area contributed by atoms with E-state index in [1.54, 1.807) is 12.1 Å². The van der Waals surface area contributed by atoms with Gasteiger partial charge in [-0.05, 0) is 50.9 Å². The van der Waals surface area contributed by atoms with Crippen LogP contribution in [0.3, 0.4) is 0 Å². The summed E-state index contributed by atoms with van der Waals surface area (Å²) in [7, 11) is 1.83. The van der Waals surface area contributed by atoms with Crippen molar-refractivity contribution in [2.75, 3.05) is 13.6 Å². The Hall–Kier alpha value is -1.42. The first-order chi connectivity index (χ1) is 9.11. The Morgan fingerprint density at radius 3 is 2.74 bits per heavy atom. The van der Waals surface area contributed by atoms with Crippen LogP contribution in [0.2, 0.25) is 0 Å². The van der Waals surface area contributed by atoms with Crippen molar-refractivity contribution in [2.45, 2.75) is 38.3 Å². The molecule has 1 aromatic rings. The van der Waals surface area contributed by atoms with E-state index in [4.69, 9.17) is 0 Å². The predicted molar refractivity (Wildman–Crippen MR) is 73.4 cm³/mol. The van der Waals surface area contributed by atoms with Gasteiger partial charge in [0.25, 0.3) is 0 Å². The predicted octanol–water partition coefficient (Wildman–Crippen LogP) is 1.97. The zero-order chi connectivity index (χ0) is 13.8. The van der Waals surface area contributed by atoms with E-state index in [0.717, 1.165) is 31.4 Å². The van der Waals surface area contributed by atoms with Gasteiger partial charge in [0.2, 0.25) is 5.91 Å². The van der Waals surface area contributed by atoms with Crippen LogP contribution in [0.5, 0.6) is 0 Å². The lowest BCUT2D eigenvalue weighted by Gasteiger charge is -2.36. The van der Waals surface area contributed by atoms with Gasteiger partial charge >= 0.3 is 0 Å².